The van der Waals surface area contributed by atoms with Crippen molar-refractivity contribution >= 4 is 33.3 Å². The number of nitrogens with zero attached hydrogens (tertiary/aromatic N) is 2. The van der Waals surface area contributed by atoms with Gasteiger partial charge >= 0.3 is 0 Å². The zero-order chi connectivity index (χ0) is 13.9. The monoisotopic (exact) mass is 287 g/mol. The molecular formula is C13H13N5OS. The number of hydrogen-bond donors (Lipinski definition) is 3. The van der Waals surface area contributed by atoms with Crippen molar-refractivity contribution < 1.29 is 4.79 Å². The van der Waals surface area contributed by atoms with E-state index in [-0.39, 0.29) is 5.91 Å². The summed E-state index contributed by atoms with van der Waals surface area (Å²) >= 11 is 1.12. The third kappa shape index (κ3) is 2.54. The SMILES string of the molecule is N[C@@H](Cc1c[nH]c2ccccc12)C(=O)Nc1cnns1. The minimum atomic E-state index is -0.615. The summed E-state index contributed by atoms with van der Waals surface area (Å²) in [6, 6.07) is 7.32. The maximum Gasteiger partial charge on any atom is 0.242 e. The molecule has 0 radical (unpaired) electrons. The summed E-state index contributed by atoms with van der Waals surface area (Å²) in [6.45, 7) is 0. The molecule has 0 unspecified atom stereocenters. The van der Waals surface area contributed by atoms with E-state index in [0.29, 0.717) is 11.4 Å². The van der Waals surface area contributed by atoms with Crippen LogP contribution in [0.5, 0.6) is 0 Å². The number of H-pyrrole nitrogens is 1. The summed E-state index contributed by atoms with van der Waals surface area (Å²) in [4.78, 5) is 15.2. The molecule has 4 N–H and O–H groups in total. The number of aromatic amines is 1. The number of rotatable bonds is 4. The highest BCUT2D eigenvalue weighted by Crippen LogP contribution is 2.19. The Balaban J connectivity index is 1.72. The zero-order valence-electron chi connectivity index (χ0n) is 10.5. The highest BCUT2D eigenvalue weighted by Gasteiger charge is 2.16. The largest absolute Gasteiger partial charge is 0.361 e. The van der Waals surface area contributed by atoms with Gasteiger partial charge in [0.2, 0.25) is 5.91 Å². The standard InChI is InChI=1S/C13H13N5OS/c14-10(13(19)17-12-7-16-18-20-12)5-8-6-15-11-4-2-1-3-9(8)11/h1-4,6-7,10,15H,5,14H2,(H,17,19)/t10-/m0/s1. The van der Waals surface area contributed by atoms with Crippen molar-refractivity contribution in [3.05, 3.63) is 42.2 Å². The van der Waals surface area contributed by atoms with Crippen molar-refractivity contribution in [2.75, 3.05) is 5.32 Å². The van der Waals surface area contributed by atoms with Gasteiger partial charge in [-0.3, -0.25) is 4.79 Å². The molecule has 2 aromatic heterocycles. The van der Waals surface area contributed by atoms with Crippen LogP contribution in [0.1, 0.15) is 5.56 Å². The first-order valence-electron chi connectivity index (χ1n) is 6.13. The fourth-order valence-corrected chi connectivity index (χ4v) is 2.49. The van der Waals surface area contributed by atoms with E-state index in [4.69, 9.17) is 5.73 Å². The number of para-hydroxylation sites is 1. The molecule has 0 aliphatic carbocycles. The van der Waals surface area contributed by atoms with Crippen molar-refractivity contribution in [2.24, 2.45) is 5.73 Å². The zero-order valence-corrected chi connectivity index (χ0v) is 11.4. The molecule has 0 spiro atoms. The number of anilines is 1. The van der Waals surface area contributed by atoms with Crippen LogP contribution in [-0.2, 0) is 11.2 Å². The average Bonchev–Trinajstić information content (AvgIpc) is 3.09. The third-order valence-corrected chi connectivity index (χ3v) is 3.64. The van der Waals surface area contributed by atoms with Crippen LogP contribution in [0.15, 0.2) is 36.7 Å². The quantitative estimate of drug-likeness (QED) is 0.678. The first-order valence-corrected chi connectivity index (χ1v) is 6.90. The topological polar surface area (TPSA) is 96.7 Å². The highest BCUT2D eigenvalue weighted by atomic mass is 32.1. The molecule has 20 heavy (non-hydrogen) atoms. The Morgan fingerprint density at radius 3 is 3.10 bits per heavy atom. The molecule has 102 valence electrons. The number of carbonyl (C=O) groups is 1. The van der Waals surface area contributed by atoms with Gasteiger partial charge in [-0.1, -0.05) is 22.7 Å². The van der Waals surface area contributed by atoms with Crippen LogP contribution < -0.4 is 11.1 Å². The third-order valence-electron chi connectivity index (χ3n) is 3.06. The molecule has 3 aromatic rings. The van der Waals surface area contributed by atoms with Crippen LogP contribution in [0.25, 0.3) is 10.9 Å². The van der Waals surface area contributed by atoms with E-state index in [0.717, 1.165) is 28.0 Å². The molecule has 0 saturated carbocycles. The van der Waals surface area contributed by atoms with E-state index in [1.165, 1.54) is 6.20 Å². The summed E-state index contributed by atoms with van der Waals surface area (Å²) < 4.78 is 3.68. The normalized spacial score (nSPS) is 12.4. The first-order chi connectivity index (χ1) is 9.74. The van der Waals surface area contributed by atoms with Crippen molar-refractivity contribution in [1.82, 2.24) is 14.6 Å². The Kier molecular flexibility index (Phi) is 3.44. The second-order valence-electron chi connectivity index (χ2n) is 4.44. The smallest absolute Gasteiger partial charge is 0.242 e. The van der Waals surface area contributed by atoms with E-state index in [9.17, 15) is 4.79 Å². The Hall–Kier alpha value is -2.25. The number of amides is 1. The molecule has 6 nitrogen and oxygen atoms in total. The molecule has 1 aromatic carbocycles. The minimum absolute atomic E-state index is 0.235. The van der Waals surface area contributed by atoms with Crippen LogP contribution >= 0.6 is 11.5 Å². The second kappa shape index (κ2) is 5.40. The minimum Gasteiger partial charge on any atom is -0.361 e. The summed E-state index contributed by atoms with van der Waals surface area (Å²) in [7, 11) is 0. The highest BCUT2D eigenvalue weighted by molar-refractivity contribution is 7.10. The van der Waals surface area contributed by atoms with Gasteiger partial charge in [-0.25, -0.2) is 0 Å². The van der Waals surface area contributed by atoms with Gasteiger partial charge in [0.1, 0.15) is 5.00 Å². The summed E-state index contributed by atoms with van der Waals surface area (Å²) in [5, 5.41) is 8.05. The van der Waals surface area contributed by atoms with Crippen LogP contribution in [0.4, 0.5) is 5.00 Å². The molecule has 3 rings (SSSR count). The van der Waals surface area contributed by atoms with E-state index in [1.807, 2.05) is 30.5 Å². The Labute approximate surface area is 119 Å². The summed E-state index contributed by atoms with van der Waals surface area (Å²) in [5.74, 6) is -0.235. The van der Waals surface area contributed by atoms with Gasteiger partial charge in [-0.15, -0.1) is 5.10 Å². The maximum absolute atomic E-state index is 12.0. The van der Waals surface area contributed by atoms with Crippen molar-refractivity contribution in [1.29, 1.82) is 0 Å². The number of nitrogens with two attached hydrogens (primary N) is 1. The van der Waals surface area contributed by atoms with Gasteiger partial charge in [0.05, 0.1) is 12.2 Å². The number of aromatic nitrogens is 3. The van der Waals surface area contributed by atoms with E-state index in [2.05, 4.69) is 19.9 Å². The molecule has 2 heterocycles. The average molecular weight is 287 g/mol. The number of fused-ring (bicyclic) bond motifs is 1. The Morgan fingerprint density at radius 2 is 2.30 bits per heavy atom. The molecule has 0 bridgehead atoms. The van der Waals surface area contributed by atoms with Gasteiger partial charge in [-0.2, -0.15) is 0 Å². The van der Waals surface area contributed by atoms with Gasteiger partial charge in [0, 0.05) is 28.6 Å². The first kappa shape index (κ1) is 12.8. The second-order valence-corrected chi connectivity index (χ2v) is 5.23. The Morgan fingerprint density at radius 1 is 1.45 bits per heavy atom. The van der Waals surface area contributed by atoms with Gasteiger partial charge in [0.15, 0.2) is 0 Å². The number of nitrogens with one attached hydrogen (secondary N) is 2. The predicted octanol–water partition coefficient (Wildman–Crippen LogP) is 1.53. The van der Waals surface area contributed by atoms with Crippen LogP contribution in [0, 0.1) is 0 Å². The van der Waals surface area contributed by atoms with Gasteiger partial charge in [0.25, 0.3) is 0 Å². The molecule has 1 atom stereocenters. The number of benzene rings is 1. The maximum atomic E-state index is 12.0. The number of carbonyl (C=O) groups excluding carboxylic acids is 1. The van der Waals surface area contributed by atoms with Crippen molar-refractivity contribution in [3.8, 4) is 0 Å². The van der Waals surface area contributed by atoms with E-state index in [1.54, 1.807) is 0 Å². The lowest BCUT2D eigenvalue weighted by molar-refractivity contribution is -0.117. The predicted molar refractivity (Wildman–Crippen MR) is 78.5 cm³/mol. The summed E-state index contributed by atoms with van der Waals surface area (Å²) in [5.41, 5.74) is 8.03. The molecular weight excluding hydrogens is 274 g/mol. The van der Waals surface area contributed by atoms with Crippen LogP contribution in [0.2, 0.25) is 0 Å². The fourth-order valence-electron chi connectivity index (χ4n) is 2.07. The lowest BCUT2D eigenvalue weighted by Gasteiger charge is -2.10. The van der Waals surface area contributed by atoms with E-state index >= 15 is 0 Å². The van der Waals surface area contributed by atoms with Gasteiger partial charge in [-0.05, 0) is 18.1 Å². The molecule has 7 heteroatoms. The summed E-state index contributed by atoms with van der Waals surface area (Å²) in [6.07, 6.45) is 3.87. The van der Waals surface area contributed by atoms with E-state index < -0.39 is 6.04 Å². The van der Waals surface area contributed by atoms with Crippen LogP contribution in [0.3, 0.4) is 0 Å². The molecule has 0 aliphatic rings. The van der Waals surface area contributed by atoms with Gasteiger partial charge < -0.3 is 16.0 Å². The number of hydrogen-bond acceptors (Lipinski definition) is 5. The molecule has 0 fully saturated rings. The van der Waals surface area contributed by atoms with Crippen molar-refractivity contribution in [3.63, 3.8) is 0 Å². The van der Waals surface area contributed by atoms with Crippen LogP contribution in [-0.4, -0.2) is 26.5 Å². The molecule has 1 amide bonds. The lowest BCUT2D eigenvalue weighted by Crippen LogP contribution is -2.37. The molecule has 0 saturated heterocycles. The Bertz CT molecular complexity index is 721. The fraction of sp³-hybridized carbons (Fsp3) is 0.154. The van der Waals surface area contributed by atoms with Crippen molar-refractivity contribution in [2.45, 2.75) is 12.5 Å². The lowest BCUT2D eigenvalue weighted by atomic mass is 10.1. The molecule has 0 aliphatic heterocycles.